The minimum Gasteiger partial charge on any atom is -0.497 e. The maximum atomic E-state index is 12.9. The third-order valence-electron chi connectivity index (χ3n) is 4.73. The summed E-state index contributed by atoms with van der Waals surface area (Å²) in [5.41, 5.74) is 2.89. The third-order valence-corrected chi connectivity index (χ3v) is 4.73. The Morgan fingerprint density at radius 2 is 1.88 bits per heavy atom. The first-order valence-electron chi connectivity index (χ1n) is 8.59. The average Bonchev–Trinajstić information content (AvgIpc) is 3.08. The van der Waals surface area contributed by atoms with Gasteiger partial charge >= 0.3 is 0 Å². The molecular weight excluding hydrogens is 328 g/mol. The number of carbonyl (C=O) groups is 1. The van der Waals surface area contributed by atoms with Crippen LogP contribution in [0.1, 0.15) is 11.1 Å². The van der Waals surface area contributed by atoms with E-state index < -0.39 is 0 Å². The monoisotopic (exact) mass is 348 g/mol. The van der Waals surface area contributed by atoms with Gasteiger partial charge in [-0.15, -0.1) is 0 Å². The van der Waals surface area contributed by atoms with Gasteiger partial charge in [-0.25, -0.2) is 4.98 Å². The minimum absolute atomic E-state index is 0.0479. The van der Waals surface area contributed by atoms with Gasteiger partial charge in [0.1, 0.15) is 17.3 Å². The molecule has 2 aromatic carbocycles. The highest BCUT2D eigenvalue weighted by Crippen LogP contribution is 2.31. The summed E-state index contributed by atoms with van der Waals surface area (Å²) in [6.07, 6.45) is 1.16. The minimum atomic E-state index is 0.0479. The van der Waals surface area contributed by atoms with E-state index >= 15 is 0 Å². The summed E-state index contributed by atoms with van der Waals surface area (Å²) in [7, 11) is 3.26. The number of anilines is 1. The summed E-state index contributed by atoms with van der Waals surface area (Å²) in [5, 5.41) is 1.06. The van der Waals surface area contributed by atoms with E-state index in [1.165, 1.54) is 0 Å². The van der Waals surface area contributed by atoms with Crippen molar-refractivity contribution in [2.75, 3.05) is 25.7 Å². The van der Waals surface area contributed by atoms with Crippen molar-refractivity contribution in [1.82, 2.24) is 4.98 Å². The molecule has 0 atom stereocenters. The molecule has 26 heavy (non-hydrogen) atoms. The molecule has 0 bridgehead atoms. The van der Waals surface area contributed by atoms with Gasteiger partial charge in [-0.1, -0.05) is 12.1 Å². The van der Waals surface area contributed by atoms with E-state index in [1.807, 2.05) is 42.5 Å². The number of fused-ring (bicyclic) bond motifs is 2. The molecule has 5 nitrogen and oxygen atoms in total. The lowest BCUT2D eigenvalue weighted by molar-refractivity contribution is -0.117. The number of aromatic nitrogens is 1. The van der Waals surface area contributed by atoms with Gasteiger partial charge in [0.2, 0.25) is 5.91 Å². The van der Waals surface area contributed by atoms with E-state index in [9.17, 15) is 4.79 Å². The lowest BCUT2D eigenvalue weighted by atomic mass is 10.1. The van der Waals surface area contributed by atoms with Gasteiger partial charge in [0.15, 0.2) is 0 Å². The first-order valence-corrected chi connectivity index (χ1v) is 8.59. The highest BCUT2D eigenvalue weighted by Gasteiger charge is 2.26. The molecule has 0 saturated heterocycles. The summed E-state index contributed by atoms with van der Waals surface area (Å²) < 4.78 is 10.5. The molecule has 0 fully saturated rings. The fraction of sp³-hybridized carbons (Fsp3) is 0.238. The van der Waals surface area contributed by atoms with Crippen molar-refractivity contribution in [2.24, 2.45) is 0 Å². The van der Waals surface area contributed by atoms with Crippen molar-refractivity contribution in [2.45, 2.75) is 12.8 Å². The fourth-order valence-electron chi connectivity index (χ4n) is 3.36. The van der Waals surface area contributed by atoms with Crippen molar-refractivity contribution in [1.29, 1.82) is 0 Å². The first kappa shape index (κ1) is 16.4. The Balaban J connectivity index is 1.63. The van der Waals surface area contributed by atoms with E-state index in [1.54, 1.807) is 19.1 Å². The van der Waals surface area contributed by atoms with Crippen LogP contribution in [0.2, 0.25) is 0 Å². The molecule has 0 saturated carbocycles. The number of hydrogen-bond acceptors (Lipinski definition) is 4. The van der Waals surface area contributed by atoms with Crippen molar-refractivity contribution < 1.29 is 14.3 Å². The Morgan fingerprint density at radius 3 is 2.69 bits per heavy atom. The topological polar surface area (TPSA) is 51.7 Å². The lowest BCUT2D eigenvalue weighted by Crippen LogP contribution is -2.31. The second-order valence-electron chi connectivity index (χ2n) is 6.35. The van der Waals surface area contributed by atoms with Gasteiger partial charge in [0.25, 0.3) is 0 Å². The second kappa shape index (κ2) is 6.67. The zero-order chi connectivity index (χ0) is 18.1. The van der Waals surface area contributed by atoms with Gasteiger partial charge in [0.05, 0.1) is 26.2 Å². The highest BCUT2D eigenvalue weighted by molar-refractivity contribution is 5.97. The van der Waals surface area contributed by atoms with Crippen molar-refractivity contribution in [3.63, 3.8) is 0 Å². The molecule has 0 aliphatic carbocycles. The van der Waals surface area contributed by atoms with E-state index in [0.717, 1.165) is 45.8 Å². The maximum Gasteiger partial charge on any atom is 0.232 e. The molecule has 0 spiro atoms. The Hall–Kier alpha value is -3.08. The predicted molar refractivity (Wildman–Crippen MR) is 101 cm³/mol. The molecule has 0 N–H and O–H groups in total. The number of nitrogens with zero attached hydrogens (tertiary/aromatic N) is 2. The molecule has 0 unspecified atom stereocenters. The first-order chi connectivity index (χ1) is 12.7. The zero-order valence-electron chi connectivity index (χ0n) is 14.9. The fourth-order valence-corrected chi connectivity index (χ4v) is 3.36. The molecule has 2 heterocycles. The quantitative estimate of drug-likeness (QED) is 0.725. The molecule has 1 aliphatic rings. The van der Waals surface area contributed by atoms with Crippen LogP contribution < -0.4 is 14.4 Å². The maximum absolute atomic E-state index is 12.9. The van der Waals surface area contributed by atoms with Crippen LogP contribution in [0.5, 0.6) is 11.5 Å². The van der Waals surface area contributed by atoms with E-state index in [2.05, 4.69) is 6.07 Å². The van der Waals surface area contributed by atoms with E-state index in [0.29, 0.717) is 13.0 Å². The van der Waals surface area contributed by atoms with Crippen LogP contribution in [0.15, 0.2) is 48.5 Å². The molecule has 4 rings (SSSR count). The number of amides is 1. The van der Waals surface area contributed by atoms with Crippen LogP contribution in [0.3, 0.4) is 0 Å². The number of pyridine rings is 1. The van der Waals surface area contributed by atoms with Crippen molar-refractivity contribution in [3.05, 3.63) is 59.7 Å². The van der Waals surface area contributed by atoms with Crippen LogP contribution in [0, 0.1) is 0 Å². The molecule has 0 radical (unpaired) electrons. The highest BCUT2D eigenvalue weighted by atomic mass is 16.5. The van der Waals surface area contributed by atoms with Crippen LogP contribution in [0.4, 0.5) is 5.82 Å². The molecule has 132 valence electrons. The molecule has 1 amide bonds. The number of hydrogen-bond donors (Lipinski definition) is 0. The van der Waals surface area contributed by atoms with Crippen molar-refractivity contribution >= 4 is 22.6 Å². The summed E-state index contributed by atoms with van der Waals surface area (Å²) in [6, 6.07) is 15.6. The van der Waals surface area contributed by atoms with Gasteiger partial charge in [-0.2, -0.15) is 0 Å². The number of ether oxygens (including phenoxy) is 2. The Bertz CT molecular complexity index is 984. The van der Waals surface area contributed by atoms with E-state index in [-0.39, 0.29) is 5.91 Å². The van der Waals surface area contributed by atoms with Crippen LogP contribution in [-0.2, 0) is 17.6 Å². The van der Waals surface area contributed by atoms with Gasteiger partial charge in [-0.05, 0) is 47.9 Å². The van der Waals surface area contributed by atoms with Gasteiger partial charge in [0, 0.05) is 18.0 Å². The smallest absolute Gasteiger partial charge is 0.232 e. The normalized spacial score (nSPS) is 12.9. The summed E-state index contributed by atoms with van der Waals surface area (Å²) in [5.74, 6) is 2.33. The SMILES string of the molecule is COc1cccc(CC(=O)N2CCc3cc4ccc(OC)cc4nc32)c1. The average molecular weight is 348 g/mol. The van der Waals surface area contributed by atoms with Crippen molar-refractivity contribution in [3.8, 4) is 11.5 Å². The Morgan fingerprint density at radius 1 is 1.08 bits per heavy atom. The summed E-state index contributed by atoms with van der Waals surface area (Å²) >= 11 is 0. The van der Waals surface area contributed by atoms with Gasteiger partial charge < -0.3 is 9.47 Å². The van der Waals surface area contributed by atoms with Crippen LogP contribution in [0.25, 0.3) is 10.9 Å². The number of carbonyl (C=O) groups excluding carboxylic acids is 1. The number of methoxy groups -OCH3 is 2. The van der Waals surface area contributed by atoms with E-state index in [4.69, 9.17) is 14.5 Å². The standard InChI is InChI=1S/C21H20N2O3/c1-25-17-5-3-4-14(10-17)11-20(24)23-9-8-16-12-15-6-7-18(26-2)13-19(15)22-21(16)23/h3-7,10,12-13H,8-9,11H2,1-2H3. The number of rotatable bonds is 4. The van der Waals surface area contributed by atoms with Crippen LogP contribution in [-0.4, -0.2) is 31.7 Å². The molecule has 1 aromatic heterocycles. The molecule has 5 heteroatoms. The molecule has 3 aromatic rings. The Kier molecular flexibility index (Phi) is 4.21. The second-order valence-corrected chi connectivity index (χ2v) is 6.35. The van der Waals surface area contributed by atoms with Crippen LogP contribution >= 0.6 is 0 Å². The summed E-state index contributed by atoms with van der Waals surface area (Å²) in [6.45, 7) is 0.665. The largest absolute Gasteiger partial charge is 0.497 e. The molecule has 1 aliphatic heterocycles. The Labute approximate surface area is 152 Å². The zero-order valence-corrected chi connectivity index (χ0v) is 14.9. The van der Waals surface area contributed by atoms with Gasteiger partial charge in [-0.3, -0.25) is 9.69 Å². The lowest BCUT2D eigenvalue weighted by Gasteiger charge is -2.17. The number of benzene rings is 2. The summed E-state index contributed by atoms with van der Waals surface area (Å²) in [4.78, 5) is 19.4. The predicted octanol–water partition coefficient (Wildman–Crippen LogP) is 3.38. The molecular formula is C21H20N2O3. The third kappa shape index (κ3) is 2.96.